The Labute approximate surface area is 93.8 Å². The van der Waals surface area contributed by atoms with E-state index < -0.39 is 6.61 Å². The summed E-state index contributed by atoms with van der Waals surface area (Å²) in [6.45, 7) is -2.22. The van der Waals surface area contributed by atoms with Gasteiger partial charge in [-0.25, -0.2) is 0 Å². The second-order valence-electron chi connectivity index (χ2n) is 2.88. The van der Waals surface area contributed by atoms with E-state index in [9.17, 15) is 8.78 Å². The minimum absolute atomic E-state index is 0. The third-order valence-electron chi connectivity index (χ3n) is 1.84. The fourth-order valence-electron chi connectivity index (χ4n) is 1.21. The van der Waals surface area contributed by atoms with Crippen LogP contribution >= 0.6 is 12.4 Å². The molecule has 2 nitrogen and oxygen atoms in total. The smallest absolute Gasteiger partial charge is 0.387 e. The lowest BCUT2D eigenvalue weighted by Gasteiger charge is -2.09. The van der Waals surface area contributed by atoms with Gasteiger partial charge in [-0.1, -0.05) is 18.2 Å². The summed E-state index contributed by atoms with van der Waals surface area (Å²) < 4.78 is 28.3. The molecule has 0 amide bonds. The van der Waals surface area contributed by atoms with E-state index in [1.54, 1.807) is 18.2 Å². The van der Waals surface area contributed by atoms with Crippen LogP contribution in [0.1, 0.15) is 12.0 Å². The minimum atomic E-state index is -2.77. The maximum absolute atomic E-state index is 12.0. The van der Waals surface area contributed by atoms with Crippen LogP contribution in [0.15, 0.2) is 24.3 Å². The van der Waals surface area contributed by atoms with Crippen molar-refractivity contribution in [2.75, 3.05) is 6.54 Å². The fraction of sp³-hybridized carbons (Fsp3) is 0.400. The number of aryl methyl sites for hydroxylation is 1. The number of alkyl halides is 2. The van der Waals surface area contributed by atoms with Gasteiger partial charge >= 0.3 is 6.61 Å². The first-order chi connectivity index (χ1) is 6.74. The van der Waals surface area contributed by atoms with Crippen LogP contribution in [0.3, 0.4) is 0 Å². The fourth-order valence-corrected chi connectivity index (χ4v) is 1.21. The van der Waals surface area contributed by atoms with E-state index in [1.165, 1.54) is 6.07 Å². The highest BCUT2D eigenvalue weighted by molar-refractivity contribution is 5.85. The number of nitrogens with two attached hydrogens (primary N) is 1. The third-order valence-corrected chi connectivity index (χ3v) is 1.84. The Morgan fingerprint density at radius 1 is 1.27 bits per heavy atom. The zero-order valence-electron chi connectivity index (χ0n) is 8.16. The van der Waals surface area contributed by atoms with Gasteiger partial charge in [-0.2, -0.15) is 8.78 Å². The summed E-state index contributed by atoms with van der Waals surface area (Å²) in [6.07, 6.45) is 1.43. The monoisotopic (exact) mass is 237 g/mol. The van der Waals surface area contributed by atoms with Crippen molar-refractivity contribution in [1.29, 1.82) is 0 Å². The summed E-state index contributed by atoms with van der Waals surface area (Å²) in [7, 11) is 0. The van der Waals surface area contributed by atoms with Crippen molar-refractivity contribution in [3.8, 4) is 5.75 Å². The predicted molar refractivity (Wildman–Crippen MR) is 57.7 cm³/mol. The van der Waals surface area contributed by atoms with Gasteiger partial charge in [0.15, 0.2) is 0 Å². The Kier molecular flexibility index (Phi) is 6.99. The molecule has 5 heteroatoms. The minimum Gasteiger partial charge on any atom is -0.435 e. The van der Waals surface area contributed by atoms with E-state index in [0.717, 1.165) is 12.0 Å². The van der Waals surface area contributed by atoms with Crippen LogP contribution in [0.25, 0.3) is 0 Å². The average molecular weight is 238 g/mol. The summed E-state index contributed by atoms with van der Waals surface area (Å²) in [6, 6.07) is 6.78. The molecule has 0 saturated carbocycles. The van der Waals surface area contributed by atoms with Gasteiger partial charge in [0.05, 0.1) is 0 Å². The highest BCUT2D eigenvalue weighted by Gasteiger charge is 2.07. The number of rotatable bonds is 5. The molecule has 0 aliphatic rings. The average Bonchev–Trinajstić information content (AvgIpc) is 2.16. The molecular formula is C10H14ClF2NO. The molecule has 2 N–H and O–H groups in total. The summed E-state index contributed by atoms with van der Waals surface area (Å²) in [5.41, 5.74) is 6.11. The number of para-hydroxylation sites is 1. The van der Waals surface area contributed by atoms with E-state index in [4.69, 9.17) is 5.73 Å². The van der Waals surface area contributed by atoms with Crippen LogP contribution in [0.5, 0.6) is 5.75 Å². The molecule has 15 heavy (non-hydrogen) atoms. The van der Waals surface area contributed by atoms with Gasteiger partial charge in [0.2, 0.25) is 0 Å². The molecule has 0 saturated heterocycles. The first-order valence-electron chi connectivity index (χ1n) is 4.47. The van der Waals surface area contributed by atoms with Gasteiger partial charge in [0.25, 0.3) is 0 Å². The lowest BCUT2D eigenvalue weighted by atomic mass is 10.1. The first-order valence-corrected chi connectivity index (χ1v) is 4.47. The summed E-state index contributed by atoms with van der Waals surface area (Å²) in [5, 5.41) is 0. The van der Waals surface area contributed by atoms with E-state index in [1.807, 2.05) is 0 Å². The first kappa shape index (κ1) is 14.1. The second kappa shape index (κ2) is 7.43. The van der Waals surface area contributed by atoms with E-state index in [0.29, 0.717) is 13.0 Å². The molecule has 0 atom stereocenters. The maximum atomic E-state index is 12.0. The van der Waals surface area contributed by atoms with Crippen LogP contribution in [0, 0.1) is 0 Å². The van der Waals surface area contributed by atoms with Crippen LogP contribution in [-0.4, -0.2) is 13.2 Å². The van der Waals surface area contributed by atoms with Gasteiger partial charge in [-0.3, -0.25) is 0 Å². The van der Waals surface area contributed by atoms with Crippen LogP contribution in [0.4, 0.5) is 8.78 Å². The van der Waals surface area contributed by atoms with E-state index >= 15 is 0 Å². The molecule has 0 unspecified atom stereocenters. The Morgan fingerprint density at radius 2 is 1.93 bits per heavy atom. The van der Waals surface area contributed by atoms with Gasteiger partial charge in [0.1, 0.15) is 5.75 Å². The molecule has 0 aromatic heterocycles. The number of hydrogen-bond acceptors (Lipinski definition) is 2. The summed E-state index contributed by atoms with van der Waals surface area (Å²) in [5.74, 6) is 0.246. The molecule has 0 aliphatic carbocycles. The Bertz CT molecular complexity index is 284. The summed E-state index contributed by atoms with van der Waals surface area (Å²) >= 11 is 0. The molecule has 0 aliphatic heterocycles. The molecular weight excluding hydrogens is 224 g/mol. The van der Waals surface area contributed by atoms with Gasteiger partial charge in [-0.05, 0) is 31.0 Å². The molecule has 0 spiro atoms. The van der Waals surface area contributed by atoms with E-state index in [2.05, 4.69) is 4.74 Å². The number of benzene rings is 1. The topological polar surface area (TPSA) is 35.2 Å². The number of ether oxygens (including phenoxy) is 1. The Morgan fingerprint density at radius 3 is 2.53 bits per heavy atom. The highest BCUT2D eigenvalue weighted by Crippen LogP contribution is 2.21. The summed E-state index contributed by atoms with van der Waals surface area (Å²) in [4.78, 5) is 0. The van der Waals surface area contributed by atoms with Crippen LogP contribution < -0.4 is 10.5 Å². The third kappa shape index (κ3) is 4.95. The van der Waals surface area contributed by atoms with Crippen molar-refractivity contribution in [2.24, 2.45) is 5.73 Å². The number of halogens is 3. The number of hydrogen-bond donors (Lipinski definition) is 1. The van der Waals surface area contributed by atoms with Crippen molar-refractivity contribution in [3.05, 3.63) is 29.8 Å². The lowest BCUT2D eigenvalue weighted by Crippen LogP contribution is -2.06. The molecule has 86 valence electrons. The van der Waals surface area contributed by atoms with Crippen molar-refractivity contribution in [2.45, 2.75) is 19.5 Å². The van der Waals surface area contributed by atoms with Gasteiger partial charge in [-0.15, -0.1) is 12.4 Å². The molecule has 0 radical (unpaired) electrons. The van der Waals surface area contributed by atoms with Crippen molar-refractivity contribution in [1.82, 2.24) is 0 Å². The predicted octanol–water partition coefficient (Wildman–Crippen LogP) is 2.60. The molecule has 0 heterocycles. The van der Waals surface area contributed by atoms with Gasteiger partial charge in [0, 0.05) is 0 Å². The van der Waals surface area contributed by atoms with Crippen LogP contribution in [-0.2, 0) is 6.42 Å². The molecule has 1 rings (SSSR count). The van der Waals surface area contributed by atoms with Crippen molar-refractivity contribution in [3.63, 3.8) is 0 Å². The highest BCUT2D eigenvalue weighted by atomic mass is 35.5. The quantitative estimate of drug-likeness (QED) is 0.855. The normalized spacial score (nSPS) is 9.87. The zero-order valence-corrected chi connectivity index (χ0v) is 8.97. The molecule has 0 fully saturated rings. The van der Waals surface area contributed by atoms with Crippen molar-refractivity contribution < 1.29 is 13.5 Å². The maximum Gasteiger partial charge on any atom is 0.387 e. The standard InChI is InChI=1S/C10H13F2NO.ClH/c11-10(12)14-9-6-2-1-4-8(9)5-3-7-13;/h1-2,4,6,10H,3,5,7,13H2;1H. The van der Waals surface area contributed by atoms with Crippen molar-refractivity contribution >= 4 is 12.4 Å². The zero-order chi connectivity index (χ0) is 10.4. The van der Waals surface area contributed by atoms with Crippen LogP contribution in [0.2, 0.25) is 0 Å². The Balaban J connectivity index is 0.00000196. The molecule has 1 aromatic rings. The van der Waals surface area contributed by atoms with Gasteiger partial charge < -0.3 is 10.5 Å². The lowest BCUT2D eigenvalue weighted by molar-refractivity contribution is -0.0504. The SMILES string of the molecule is Cl.NCCCc1ccccc1OC(F)F. The molecule has 0 bridgehead atoms. The molecule has 1 aromatic carbocycles. The Hall–Kier alpha value is -0.870. The van der Waals surface area contributed by atoms with E-state index in [-0.39, 0.29) is 18.2 Å². The second-order valence-corrected chi connectivity index (χ2v) is 2.88. The largest absolute Gasteiger partial charge is 0.435 e.